The van der Waals surface area contributed by atoms with Gasteiger partial charge in [-0.1, -0.05) is 0 Å². The SMILES string of the molecule is NCCC(=O)c1ccc2[nH]cc(Br)c2c1. The number of ketones is 1. The molecule has 0 unspecified atom stereocenters. The molecule has 0 radical (unpaired) electrons. The van der Waals surface area contributed by atoms with Crippen LogP contribution in [0, 0.1) is 0 Å². The second-order valence-electron chi connectivity index (χ2n) is 3.36. The summed E-state index contributed by atoms with van der Waals surface area (Å²) in [5.74, 6) is 0.0903. The minimum absolute atomic E-state index is 0.0903. The molecular formula is C11H11BrN2O. The fourth-order valence-electron chi connectivity index (χ4n) is 1.54. The van der Waals surface area contributed by atoms with Crippen molar-refractivity contribution in [2.75, 3.05) is 6.54 Å². The molecule has 0 aliphatic carbocycles. The maximum atomic E-state index is 11.6. The number of aromatic nitrogens is 1. The quantitative estimate of drug-likeness (QED) is 0.839. The monoisotopic (exact) mass is 266 g/mol. The van der Waals surface area contributed by atoms with Crippen LogP contribution in [0.4, 0.5) is 0 Å². The lowest BCUT2D eigenvalue weighted by Gasteiger charge is -1.99. The zero-order valence-electron chi connectivity index (χ0n) is 8.09. The van der Waals surface area contributed by atoms with Gasteiger partial charge in [0.2, 0.25) is 0 Å². The standard InChI is InChI=1S/C11H11BrN2O/c12-9-6-14-10-2-1-7(5-8(9)10)11(15)3-4-13/h1-2,5-6,14H,3-4,13H2. The van der Waals surface area contributed by atoms with E-state index in [0.29, 0.717) is 18.5 Å². The van der Waals surface area contributed by atoms with Crippen molar-refractivity contribution >= 4 is 32.6 Å². The fourth-order valence-corrected chi connectivity index (χ4v) is 1.98. The van der Waals surface area contributed by atoms with Crippen LogP contribution < -0.4 is 5.73 Å². The number of H-pyrrole nitrogens is 1. The number of Topliss-reactive ketones (excluding diaryl/α,β-unsaturated/α-hetero) is 1. The van der Waals surface area contributed by atoms with Gasteiger partial charge in [-0.15, -0.1) is 0 Å². The highest BCUT2D eigenvalue weighted by Crippen LogP contribution is 2.24. The van der Waals surface area contributed by atoms with E-state index in [4.69, 9.17) is 5.73 Å². The van der Waals surface area contributed by atoms with E-state index in [-0.39, 0.29) is 5.78 Å². The van der Waals surface area contributed by atoms with Crippen molar-refractivity contribution in [3.8, 4) is 0 Å². The summed E-state index contributed by atoms with van der Waals surface area (Å²) in [6, 6.07) is 5.61. The molecule has 3 nitrogen and oxygen atoms in total. The van der Waals surface area contributed by atoms with Gasteiger partial charge >= 0.3 is 0 Å². The van der Waals surface area contributed by atoms with Gasteiger partial charge in [0.25, 0.3) is 0 Å². The third kappa shape index (κ3) is 1.96. The number of nitrogens with two attached hydrogens (primary N) is 1. The molecule has 0 atom stereocenters. The first kappa shape index (κ1) is 10.4. The summed E-state index contributed by atoms with van der Waals surface area (Å²) in [6.45, 7) is 0.394. The van der Waals surface area contributed by atoms with Gasteiger partial charge in [-0.25, -0.2) is 0 Å². The number of benzene rings is 1. The van der Waals surface area contributed by atoms with Gasteiger partial charge in [0.1, 0.15) is 0 Å². The second kappa shape index (κ2) is 4.16. The summed E-state index contributed by atoms with van der Waals surface area (Å²) in [7, 11) is 0. The second-order valence-corrected chi connectivity index (χ2v) is 4.21. The maximum absolute atomic E-state index is 11.6. The van der Waals surface area contributed by atoms with Crippen LogP contribution in [0.2, 0.25) is 0 Å². The Hall–Kier alpha value is -1.13. The van der Waals surface area contributed by atoms with Gasteiger partial charge in [-0.05, 0) is 40.7 Å². The van der Waals surface area contributed by atoms with Crippen molar-refractivity contribution in [1.82, 2.24) is 4.98 Å². The molecule has 0 aliphatic heterocycles. The molecule has 0 bridgehead atoms. The van der Waals surface area contributed by atoms with Crippen molar-refractivity contribution in [2.24, 2.45) is 5.73 Å². The molecule has 0 saturated heterocycles. The van der Waals surface area contributed by atoms with Crippen LogP contribution in [0.15, 0.2) is 28.9 Å². The summed E-state index contributed by atoms with van der Waals surface area (Å²) in [6.07, 6.45) is 2.26. The van der Waals surface area contributed by atoms with Crippen LogP contribution in [-0.4, -0.2) is 17.3 Å². The van der Waals surface area contributed by atoms with Gasteiger partial charge in [0.05, 0.1) is 0 Å². The largest absolute Gasteiger partial charge is 0.360 e. The van der Waals surface area contributed by atoms with Crippen molar-refractivity contribution in [3.63, 3.8) is 0 Å². The van der Waals surface area contributed by atoms with Gasteiger partial charge in [0, 0.05) is 33.6 Å². The van der Waals surface area contributed by atoms with E-state index in [1.165, 1.54) is 0 Å². The number of rotatable bonds is 3. The highest BCUT2D eigenvalue weighted by molar-refractivity contribution is 9.10. The molecule has 3 N–H and O–H groups in total. The molecule has 2 aromatic rings. The number of carbonyl (C=O) groups is 1. The highest BCUT2D eigenvalue weighted by atomic mass is 79.9. The van der Waals surface area contributed by atoms with E-state index in [2.05, 4.69) is 20.9 Å². The Balaban J connectivity index is 2.45. The van der Waals surface area contributed by atoms with Crippen LogP contribution in [0.3, 0.4) is 0 Å². The van der Waals surface area contributed by atoms with Gasteiger partial charge < -0.3 is 10.7 Å². The predicted molar refractivity (Wildman–Crippen MR) is 64.0 cm³/mol. The zero-order valence-corrected chi connectivity index (χ0v) is 9.67. The van der Waals surface area contributed by atoms with Crippen LogP contribution >= 0.6 is 15.9 Å². The highest BCUT2D eigenvalue weighted by Gasteiger charge is 2.07. The maximum Gasteiger partial charge on any atom is 0.164 e. The lowest BCUT2D eigenvalue weighted by Crippen LogP contribution is -2.07. The number of aromatic amines is 1. The number of hydrogen-bond donors (Lipinski definition) is 2. The molecular weight excluding hydrogens is 256 g/mol. The molecule has 0 saturated carbocycles. The lowest BCUT2D eigenvalue weighted by atomic mass is 10.1. The Morgan fingerprint density at radius 1 is 1.47 bits per heavy atom. The van der Waals surface area contributed by atoms with Crippen LogP contribution in [0.25, 0.3) is 10.9 Å². The van der Waals surface area contributed by atoms with Crippen molar-refractivity contribution < 1.29 is 4.79 Å². The minimum Gasteiger partial charge on any atom is -0.360 e. The molecule has 0 fully saturated rings. The molecule has 2 rings (SSSR count). The molecule has 15 heavy (non-hydrogen) atoms. The Labute approximate surface area is 95.8 Å². The van der Waals surface area contributed by atoms with E-state index in [1.54, 1.807) is 0 Å². The van der Waals surface area contributed by atoms with Crippen molar-refractivity contribution in [2.45, 2.75) is 6.42 Å². The predicted octanol–water partition coefficient (Wildman–Crippen LogP) is 2.46. The van der Waals surface area contributed by atoms with E-state index in [1.807, 2.05) is 24.4 Å². The van der Waals surface area contributed by atoms with Crippen molar-refractivity contribution in [3.05, 3.63) is 34.4 Å². The summed E-state index contributed by atoms with van der Waals surface area (Å²) in [5, 5.41) is 1.03. The summed E-state index contributed by atoms with van der Waals surface area (Å²) < 4.78 is 0.972. The van der Waals surface area contributed by atoms with E-state index >= 15 is 0 Å². The minimum atomic E-state index is 0.0903. The normalized spacial score (nSPS) is 10.8. The average molecular weight is 267 g/mol. The smallest absolute Gasteiger partial charge is 0.164 e. The summed E-state index contributed by atoms with van der Waals surface area (Å²) >= 11 is 3.42. The Bertz CT molecular complexity index is 504. The third-order valence-electron chi connectivity index (χ3n) is 2.32. The zero-order chi connectivity index (χ0) is 10.8. The first-order chi connectivity index (χ1) is 7.22. The van der Waals surface area contributed by atoms with E-state index in [0.717, 1.165) is 15.4 Å². The number of fused-ring (bicyclic) bond motifs is 1. The molecule has 78 valence electrons. The van der Waals surface area contributed by atoms with Crippen LogP contribution in [-0.2, 0) is 0 Å². The molecule has 1 aromatic carbocycles. The summed E-state index contributed by atoms with van der Waals surface area (Å²) in [5.41, 5.74) is 7.09. The number of carbonyl (C=O) groups excluding carboxylic acids is 1. The van der Waals surface area contributed by atoms with Crippen LogP contribution in [0.5, 0.6) is 0 Å². The van der Waals surface area contributed by atoms with Gasteiger partial charge in [-0.3, -0.25) is 4.79 Å². The number of hydrogen-bond acceptors (Lipinski definition) is 2. The number of halogens is 1. The summed E-state index contributed by atoms with van der Waals surface area (Å²) in [4.78, 5) is 14.7. The molecule has 0 amide bonds. The van der Waals surface area contributed by atoms with Crippen LogP contribution in [0.1, 0.15) is 16.8 Å². The molecule has 4 heteroatoms. The van der Waals surface area contributed by atoms with Crippen molar-refractivity contribution in [1.29, 1.82) is 0 Å². The first-order valence-corrected chi connectivity index (χ1v) is 5.51. The average Bonchev–Trinajstić information content (AvgIpc) is 2.60. The van der Waals surface area contributed by atoms with E-state index in [9.17, 15) is 4.79 Å². The van der Waals surface area contributed by atoms with Gasteiger partial charge in [-0.2, -0.15) is 0 Å². The molecule has 1 heterocycles. The lowest BCUT2D eigenvalue weighted by molar-refractivity contribution is 0.0985. The Morgan fingerprint density at radius 2 is 2.27 bits per heavy atom. The molecule has 0 aliphatic rings. The molecule has 1 aromatic heterocycles. The molecule has 0 spiro atoms. The fraction of sp³-hybridized carbons (Fsp3) is 0.182. The Kier molecular flexibility index (Phi) is 2.88. The van der Waals surface area contributed by atoms with E-state index < -0.39 is 0 Å². The number of nitrogens with one attached hydrogen (secondary N) is 1. The third-order valence-corrected chi connectivity index (χ3v) is 2.98. The Morgan fingerprint density at radius 3 is 3.00 bits per heavy atom. The topological polar surface area (TPSA) is 58.9 Å². The van der Waals surface area contributed by atoms with Gasteiger partial charge in [0.15, 0.2) is 5.78 Å². The first-order valence-electron chi connectivity index (χ1n) is 4.72.